The molecule has 0 radical (unpaired) electrons. The number of fused-ring (bicyclic) bond motifs is 1. The molecule has 3 amide bonds. The van der Waals surface area contributed by atoms with Gasteiger partial charge in [0.25, 0.3) is 5.91 Å². The summed E-state index contributed by atoms with van der Waals surface area (Å²) in [5.74, 6) is -4.06. The molecule has 0 unspecified atom stereocenters. The van der Waals surface area contributed by atoms with E-state index in [-0.39, 0.29) is 17.0 Å². The van der Waals surface area contributed by atoms with E-state index in [0.29, 0.717) is 10.6 Å². The van der Waals surface area contributed by atoms with Crippen LogP contribution in [0.25, 0.3) is 11.3 Å². The van der Waals surface area contributed by atoms with E-state index in [0.717, 1.165) is 11.8 Å². The number of aromatic nitrogens is 1. The Morgan fingerprint density at radius 3 is 2.42 bits per heavy atom. The minimum absolute atomic E-state index is 0.0283. The molecule has 230 valence electrons. The van der Waals surface area contributed by atoms with Crippen molar-refractivity contribution in [3.05, 3.63) is 40.6 Å². The second-order valence-electron chi connectivity index (χ2n) is 11.6. The Morgan fingerprint density at radius 2 is 1.79 bits per heavy atom. The minimum atomic E-state index is -1.47. The van der Waals surface area contributed by atoms with Gasteiger partial charge in [-0.15, -0.1) is 23.5 Å². The number of rotatable bonds is 8. The first kappa shape index (κ1) is 31.2. The van der Waals surface area contributed by atoms with E-state index in [2.05, 4.69) is 21.1 Å². The number of amides is 3. The molecule has 0 saturated carbocycles. The molecular formula is C27H30ClN5O8S2. The molecule has 0 bridgehead atoms. The molecule has 1 aromatic heterocycles. The topological polar surface area (TPSA) is 191 Å². The van der Waals surface area contributed by atoms with Crippen LogP contribution in [0.15, 0.2) is 28.8 Å². The Labute approximate surface area is 259 Å². The van der Waals surface area contributed by atoms with Gasteiger partial charge in [0, 0.05) is 15.1 Å². The van der Waals surface area contributed by atoms with Gasteiger partial charge in [0.05, 0.1) is 10.4 Å². The number of benzene rings is 1. The van der Waals surface area contributed by atoms with E-state index in [9.17, 15) is 34.2 Å². The lowest BCUT2D eigenvalue weighted by atomic mass is 9.95. The van der Waals surface area contributed by atoms with E-state index in [4.69, 9.17) is 16.1 Å². The number of carbonyl (C=O) groups is 5. The third-order valence-electron chi connectivity index (χ3n) is 7.77. The van der Waals surface area contributed by atoms with Gasteiger partial charge in [-0.2, -0.15) is 0 Å². The Kier molecular flexibility index (Phi) is 7.99. The SMILES string of the molecule is Cc1onc(-c2ccccc2Cl)c1C(=O)N[C@H](C(=O)O)[C@@H]1N[C@@H](C(=O)N[C@@H]2C(=O)N3[C@@H]2SC(C)(C)[C@@H]3C(=O)O)C(C)(C)S1. The van der Waals surface area contributed by atoms with Crippen LogP contribution < -0.4 is 16.0 Å². The summed E-state index contributed by atoms with van der Waals surface area (Å²) in [6.45, 7) is 8.50. The predicted octanol–water partition coefficient (Wildman–Crippen LogP) is 1.93. The summed E-state index contributed by atoms with van der Waals surface area (Å²) in [5, 5.41) is 30.9. The molecule has 2 aromatic rings. The predicted molar refractivity (Wildman–Crippen MR) is 159 cm³/mol. The number of β-lactam (4-membered cyclic amide) rings is 1. The molecule has 16 heteroatoms. The molecule has 3 fully saturated rings. The zero-order valence-electron chi connectivity index (χ0n) is 23.7. The number of aliphatic carboxylic acids is 2. The normalized spacial score (nSPS) is 27.6. The van der Waals surface area contributed by atoms with Crippen molar-refractivity contribution in [2.75, 3.05) is 0 Å². The fraction of sp³-hybridized carbons (Fsp3) is 0.481. The maximum atomic E-state index is 13.4. The molecule has 3 saturated heterocycles. The zero-order chi connectivity index (χ0) is 31.6. The van der Waals surface area contributed by atoms with Crippen molar-refractivity contribution in [3.8, 4) is 11.3 Å². The molecule has 4 heterocycles. The first-order valence-electron chi connectivity index (χ1n) is 13.3. The van der Waals surface area contributed by atoms with E-state index in [1.54, 1.807) is 52.0 Å². The van der Waals surface area contributed by atoms with Crippen molar-refractivity contribution in [2.45, 2.75) is 79.0 Å². The Hall–Kier alpha value is -3.27. The van der Waals surface area contributed by atoms with Crippen molar-refractivity contribution in [1.82, 2.24) is 26.0 Å². The van der Waals surface area contributed by atoms with Gasteiger partial charge in [0.2, 0.25) is 11.8 Å². The quantitative estimate of drug-likeness (QED) is 0.261. The van der Waals surface area contributed by atoms with Gasteiger partial charge >= 0.3 is 11.9 Å². The molecule has 3 aliphatic heterocycles. The molecule has 5 N–H and O–H groups in total. The van der Waals surface area contributed by atoms with Crippen LogP contribution >= 0.6 is 35.1 Å². The first-order valence-corrected chi connectivity index (χ1v) is 15.4. The highest BCUT2D eigenvalue weighted by Crippen LogP contribution is 2.51. The van der Waals surface area contributed by atoms with Crippen molar-refractivity contribution in [3.63, 3.8) is 0 Å². The van der Waals surface area contributed by atoms with Crippen LogP contribution in [0.3, 0.4) is 0 Å². The lowest BCUT2D eigenvalue weighted by Crippen LogP contribution is -2.72. The van der Waals surface area contributed by atoms with Crippen molar-refractivity contribution < 1.29 is 38.7 Å². The van der Waals surface area contributed by atoms with Gasteiger partial charge < -0.3 is 30.3 Å². The first-order chi connectivity index (χ1) is 20.0. The Morgan fingerprint density at radius 1 is 1.12 bits per heavy atom. The van der Waals surface area contributed by atoms with Gasteiger partial charge in [0.1, 0.15) is 40.5 Å². The number of hydrogen-bond acceptors (Lipinski definition) is 10. The molecular weight excluding hydrogens is 622 g/mol. The van der Waals surface area contributed by atoms with Crippen LogP contribution in [0.5, 0.6) is 0 Å². The monoisotopic (exact) mass is 651 g/mol. The summed E-state index contributed by atoms with van der Waals surface area (Å²) in [5.41, 5.74) is 0.624. The summed E-state index contributed by atoms with van der Waals surface area (Å²) >= 11 is 8.76. The third-order valence-corrected chi connectivity index (χ3v) is 11.2. The van der Waals surface area contributed by atoms with Crippen LogP contribution in [0.1, 0.15) is 43.8 Å². The molecule has 6 atom stereocenters. The second kappa shape index (κ2) is 11.0. The van der Waals surface area contributed by atoms with E-state index in [1.165, 1.54) is 23.6 Å². The Bertz CT molecular complexity index is 1530. The number of hydrogen-bond donors (Lipinski definition) is 5. The van der Waals surface area contributed by atoms with Crippen molar-refractivity contribution in [2.24, 2.45) is 0 Å². The van der Waals surface area contributed by atoms with Crippen LogP contribution in [-0.2, 0) is 19.2 Å². The number of thioether (sulfide) groups is 2. The van der Waals surface area contributed by atoms with Crippen LogP contribution in [0.2, 0.25) is 5.02 Å². The summed E-state index contributed by atoms with van der Waals surface area (Å²) < 4.78 is 3.65. The van der Waals surface area contributed by atoms with Gasteiger partial charge in [-0.3, -0.25) is 19.7 Å². The van der Waals surface area contributed by atoms with Crippen molar-refractivity contribution >= 4 is 64.8 Å². The largest absolute Gasteiger partial charge is 0.480 e. The number of carboxylic acid groups (broad SMARTS) is 2. The lowest BCUT2D eigenvalue weighted by molar-refractivity contribution is -0.161. The summed E-state index contributed by atoms with van der Waals surface area (Å²) in [7, 11) is 0. The summed E-state index contributed by atoms with van der Waals surface area (Å²) in [4.78, 5) is 65.2. The fourth-order valence-electron chi connectivity index (χ4n) is 5.69. The minimum Gasteiger partial charge on any atom is -0.480 e. The molecule has 0 spiro atoms. The van der Waals surface area contributed by atoms with Gasteiger partial charge in [-0.1, -0.05) is 35.0 Å². The average molecular weight is 652 g/mol. The molecule has 5 rings (SSSR count). The third kappa shape index (κ3) is 5.36. The number of aryl methyl sites for hydroxylation is 1. The molecule has 13 nitrogen and oxygen atoms in total. The van der Waals surface area contributed by atoms with E-state index < -0.39 is 74.1 Å². The maximum absolute atomic E-state index is 13.4. The lowest BCUT2D eigenvalue weighted by Gasteiger charge is -2.44. The van der Waals surface area contributed by atoms with Crippen LogP contribution in [-0.4, -0.2) is 94.3 Å². The number of carboxylic acids is 2. The molecule has 1 aromatic carbocycles. The van der Waals surface area contributed by atoms with E-state index >= 15 is 0 Å². The smallest absolute Gasteiger partial charge is 0.328 e. The highest BCUT2D eigenvalue weighted by molar-refractivity contribution is 8.02. The number of nitrogens with zero attached hydrogens (tertiary/aromatic N) is 2. The van der Waals surface area contributed by atoms with Crippen LogP contribution in [0.4, 0.5) is 0 Å². The maximum Gasteiger partial charge on any atom is 0.328 e. The number of carbonyl (C=O) groups excluding carboxylic acids is 3. The standard InChI is InChI=1S/C27H30ClN5O8S2/c1-10-13(14(32-41-10)11-8-6-7-9-12(11)28)19(34)29-15(24(37)38)21-31-17(26(2,3)42-21)20(35)30-16-22(36)33-18(25(39)40)27(4,5)43-23(16)33/h6-9,15-18,21,23,31H,1-5H3,(H,29,34)(H,30,35)(H,37,38)(H,39,40)/t15-,16+,17-,18-,21+,23+/m0/s1. The molecule has 3 aliphatic rings. The molecule has 0 aliphatic carbocycles. The van der Waals surface area contributed by atoms with Gasteiger partial charge in [0.15, 0.2) is 6.04 Å². The Balaban J connectivity index is 1.31. The van der Waals surface area contributed by atoms with E-state index in [1.807, 2.05) is 0 Å². The van der Waals surface area contributed by atoms with Gasteiger partial charge in [-0.05, 0) is 40.7 Å². The molecule has 43 heavy (non-hydrogen) atoms. The van der Waals surface area contributed by atoms with Crippen LogP contribution in [0, 0.1) is 6.92 Å². The average Bonchev–Trinajstić information content (AvgIpc) is 3.53. The van der Waals surface area contributed by atoms with Crippen molar-refractivity contribution in [1.29, 1.82) is 0 Å². The highest BCUT2D eigenvalue weighted by Gasteiger charge is 2.64. The number of nitrogens with one attached hydrogen (secondary N) is 3. The second-order valence-corrected chi connectivity index (χ2v) is 15.5. The summed E-state index contributed by atoms with van der Waals surface area (Å²) in [6.07, 6.45) is 0. The highest BCUT2D eigenvalue weighted by atomic mass is 35.5. The summed E-state index contributed by atoms with van der Waals surface area (Å²) in [6, 6.07) is 2.37. The fourth-order valence-corrected chi connectivity index (χ4v) is 9.03. The number of halogens is 1. The van der Waals surface area contributed by atoms with Gasteiger partial charge in [-0.25, -0.2) is 9.59 Å². The zero-order valence-corrected chi connectivity index (χ0v) is 26.1.